The van der Waals surface area contributed by atoms with Crippen LogP contribution in [0.25, 0.3) is 0 Å². The molecule has 2 aliphatic rings. The summed E-state index contributed by atoms with van der Waals surface area (Å²) in [7, 11) is 3.75. The first-order valence-corrected chi connectivity index (χ1v) is 5.20. The zero-order valence-electron chi connectivity index (χ0n) is 8.45. The van der Waals surface area contributed by atoms with Crippen molar-refractivity contribution in [1.82, 2.24) is 5.32 Å². The van der Waals surface area contributed by atoms with E-state index in [1.807, 2.05) is 7.05 Å². The lowest BCUT2D eigenvalue weighted by Gasteiger charge is -2.45. The van der Waals surface area contributed by atoms with Crippen molar-refractivity contribution in [2.75, 3.05) is 14.2 Å². The summed E-state index contributed by atoms with van der Waals surface area (Å²) in [4.78, 5) is 0. The lowest BCUT2D eigenvalue weighted by Crippen LogP contribution is -2.60. The van der Waals surface area contributed by atoms with E-state index in [-0.39, 0.29) is 6.10 Å². The van der Waals surface area contributed by atoms with Gasteiger partial charge in [-0.25, -0.2) is 0 Å². The van der Waals surface area contributed by atoms with Gasteiger partial charge < -0.3 is 14.8 Å². The van der Waals surface area contributed by atoms with Gasteiger partial charge in [-0.1, -0.05) is 0 Å². The monoisotopic (exact) mass is 185 g/mol. The molecule has 0 aliphatic heterocycles. The summed E-state index contributed by atoms with van der Waals surface area (Å²) < 4.78 is 11.3. The number of methoxy groups -OCH3 is 1. The molecule has 2 fully saturated rings. The molecule has 0 amide bonds. The van der Waals surface area contributed by atoms with Crippen molar-refractivity contribution in [1.29, 1.82) is 0 Å². The maximum Gasteiger partial charge on any atom is 0.0986 e. The summed E-state index contributed by atoms with van der Waals surface area (Å²) in [5, 5.41) is 3.24. The summed E-state index contributed by atoms with van der Waals surface area (Å²) in [6, 6.07) is 0.495. The zero-order valence-corrected chi connectivity index (χ0v) is 8.45. The Morgan fingerprint density at radius 1 is 1.31 bits per heavy atom. The Bertz CT molecular complexity index is 170. The number of hydrogen-bond donors (Lipinski definition) is 1. The molecule has 2 saturated carbocycles. The summed E-state index contributed by atoms with van der Waals surface area (Å²) in [6.07, 6.45) is 6.07. The van der Waals surface area contributed by atoms with Gasteiger partial charge in [0.15, 0.2) is 0 Å². The summed E-state index contributed by atoms with van der Waals surface area (Å²) in [5.41, 5.74) is 0. The molecule has 3 heteroatoms. The molecule has 0 saturated heterocycles. The second-order valence-electron chi connectivity index (χ2n) is 4.06. The van der Waals surface area contributed by atoms with Crippen molar-refractivity contribution in [3.63, 3.8) is 0 Å². The summed E-state index contributed by atoms with van der Waals surface area (Å²) in [5.74, 6) is 0. The highest BCUT2D eigenvalue weighted by molar-refractivity contribution is 4.97. The maximum absolute atomic E-state index is 5.89. The average molecular weight is 185 g/mol. The van der Waals surface area contributed by atoms with Gasteiger partial charge in [-0.15, -0.1) is 0 Å². The molecular formula is C10H19NO2. The fourth-order valence-electron chi connectivity index (χ4n) is 2.07. The number of hydrogen-bond acceptors (Lipinski definition) is 3. The van der Waals surface area contributed by atoms with Crippen molar-refractivity contribution in [3.05, 3.63) is 0 Å². The van der Waals surface area contributed by atoms with E-state index < -0.39 is 0 Å². The van der Waals surface area contributed by atoms with Gasteiger partial charge in [-0.05, 0) is 32.7 Å². The third-order valence-electron chi connectivity index (χ3n) is 3.31. The SMILES string of the molecule is CNC1CC(OC2CCC2)C1OC. The highest BCUT2D eigenvalue weighted by atomic mass is 16.5. The number of likely N-dealkylation sites (N-methyl/N-ethyl adjacent to an activating group) is 1. The molecule has 0 aromatic carbocycles. The summed E-state index contributed by atoms with van der Waals surface area (Å²) in [6.45, 7) is 0. The van der Waals surface area contributed by atoms with E-state index in [2.05, 4.69) is 5.32 Å². The van der Waals surface area contributed by atoms with Gasteiger partial charge in [0, 0.05) is 13.2 Å². The van der Waals surface area contributed by atoms with Crippen LogP contribution < -0.4 is 5.32 Å². The smallest absolute Gasteiger partial charge is 0.0986 e. The van der Waals surface area contributed by atoms with Crippen LogP contribution in [0.5, 0.6) is 0 Å². The van der Waals surface area contributed by atoms with E-state index in [9.17, 15) is 0 Å². The number of rotatable bonds is 4. The molecule has 0 spiro atoms. The van der Waals surface area contributed by atoms with Crippen molar-refractivity contribution in [2.45, 2.75) is 50.0 Å². The predicted octanol–water partition coefficient (Wildman–Crippen LogP) is 0.931. The van der Waals surface area contributed by atoms with Crippen LogP contribution in [0.2, 0.25) is 0 Å². The molecule has 76 valence electrons. The van der Waals surface area contributed by atoms with Crippen molar-refractivity contribution < 1.29 is 9.47 Å². The van der Waals surface area contributed by atoms with Gasteiger partial charge in [0.05, 0.1) is 18.3 Å². The fourth-order valence-corrected chi connectivity index (χ4v) is 2.07. The topological polar surface area (TPSA) is 30.5 Å². The Balaban J connectivity index is 1.74. The second-order valence-corrected chi connectivity index (χ2v) is 4.06. The maximum atomic E-state index is 5.89. The van der Waals surface area contributed by atoms with Gasteiger partial charge >= 0.3 is 0 Å². The van der Waals surface area contributed by atoms with Gasteiger partial charge in [0.2, 0.25) is 0 Å². The predicted molar refractivity (Wildman–Crippen MR) is 50.8 cm³/mol. The minimum Gasteiger partial charge on any atom is -0.377 e. The molecule has 3 atom stereocenters. The van der Waals surface area contributed by atoms with Crippen LogP contribution in [0.1, 0.15) is 25.7 Å². The van der Waals surface area contributed by atoms with E-state index in [0.717, 1.165) is 6.42 Å². The Kier molecular flexibility index (Phi) is 2.86. The van der Waals surface area contributed by atoms with Gasteiger partial charge in [0.25, 0.3) is 0 Å². The molecule has 0 heterocycles. The molecule has 3 unspecified atom stereocenters. The van der Waals surface area contributed by atoms with Crippen molar-refractivity contribution >= 4 is 0 Å². The quantitative estimate of drug-likeness (QED) is 0.707. The molecule has 2 rings (SSSR count). The van der Waals surface area contributed by atoms with Crippen LogP contribution in [-0.2, 0) is 9.47 Å². The largest absolute Gasteiger partial charge is 0.377 e. The normalized spacial score (nSPS) is 39.7. The highest BCUT2D eigenvalue weighted by Gasteiger charge is 2.43. The Morgan fingerprint density at radius 3 is 2.54 bits per heavy atom. The van der Waals surface area contributed by atoms with Crippen LogP contribution in [0, 0.1) is 0 Å². The Labute approximate surface area is 79.8 Å². The van der Waals surface area contributed by atoms with Crippen molar-refractivity contribution in [3.8, 4) is 0 Å². The van der Waals surface area contributed by atoms with Crippen LogP contribution >= 0.6 is 0 Å². The van der Waals surface area contributed by atoms with E-state index in [0.29, 0.717) is 18.2 Å². The third kappa shape index (κ3) is 1.73. The molecule has 0 aromatic rings. The third-order valence-corrected chi connectivity index (χ3v) is 3.31. The molecule has 0 radical (unpaired) electrons. The van der Waals surface area contributed by atoms with E-state index in [1.54, 1.807) is 7.11 Å². The van der Waals surface area contributed by atoms with Gasteiger partial charge in [-0.3, -0.25) is 0 Å². The molecule has 13 heavy (non-hydrogen) atoms. The Morgan fingerprint density at radius 2 is 2.08 bits per heavy atom. The zero-order chi connectivity index (χ0) is 9.26. The molecule has 0 aromatic heterocycles. The van der Waals surface area contributed by atoms with E-state index >= 15 is 0 Å². The molecule has 1 N–H and O–H groups in total. The summed E-state index contributed by atoms with van der Waals surface area (Å²) >= 11 is 0. The molecule has 0 bridgehead atoms. The van der Waals surface area contributed by atoms with Crippen LogP contribution in [0.4, 0.5) is 0 Å². The first kappa shape index (κ1) is 9.44. The first-order valence-electron chi connectivity index (χ1n) is 5.20. The Hall–Kier alpha value is -0.120. The van der Waals surface area contributed by atoms with E-state index in [4.69, 9.17) is 9.47 Å². The average Bonchev–Trinajstić information content (AvgIpc) is 2.00. The number of ether oxygens (including phenoxy) is 2. The standard InChI is InChI=1S/C10H19NO2/c1-11-8-6-9(10(8)12-2)13-7-4-3-5-7/h7-11H,3-6H2,1-2H3. The molecule has 3 nitrogen and oxygen atoms in total. The van der Waals surface area contributed by atoms with Gasteiger partial charge in [-0.2, -0.15) is 0 Å². The minimum atomic E-state index is 0.269. The molecular weight excluding hydrogens is 166 g/mol. The van der Waals surface area contributed by atoms with Crippen LogP contribution in [-0.4, -0.2) is 38.5 Å². The van der Waals surface area contributed by atoms with Crippen molar-refractivity contribution in [2.24, 2.45) is 0 Å². The van der Waals surface area contributed by atoms with Crippen LogP contribution in [0.15, 0.2) is 0 Å². The fraction of sp³-hybridized carbons (Fsp3) is 1.00. The van der Waals surface area contributed by atoms with Crippen LogP contribution in [0.3, 0.4) is 0 Å². The van der Waals surface area contributed by atoms with E-state index in [1.165, 1.54) is 19.3 Å². The molecule has 2 aliphatic carbocycles. The lowest BCUT2D eigenvalue weighted by atomic mass is 9.84. The minimum absolute atomic E-state index is 0.269. The van der Waals surface area contributed by atoms with Gasteiger partial charge in [0.1, 0.15) is 0 Å². The first-order chi connectivity index (χ1) is 6.35. The highest BCUT2D eigenvalue weighted by Crippen LogP contribution is 2.32. The lowest BCUT2D eigenvalue weighted by molar-refractivity contribution is -0.169. The number of nitrogens with one attached hydrogen (secondary N) is 1. The second kappa shape index (κ2) is 3.95.